The molecule has 2 amide bonds. The molecule has 0 aliphatic carbocycles. The minimum atomic E-state index is -0.609. The number of carbonyl (C=O) groups excluding carboxylic acids is 2. The fourth-order valence-electron chi connectivity index (χ4n) is 3.42. The van der Waals surface area contributed by atoms with Crippen molar-refractivity contribution in [3.05, 3.63) is 29.6 Å². The highest BCUT2D eigenvalue weighted by Crippen LogP contribution is 2.24. The Morgan fingerprint density at radius 2 is 1.91 bits per heavy atom. The summed E-state index contributed by atoms with van der Waals surface area (Å²) in [6.45, 7) is 8.20. The molecule has 0 aromatic heterocycles. The number of nitrogens with zero attached hydrogens (tertiary/aromatic N) is 1. The van der Waals surface area contributed by atoms with Crippen molar-refractivity contribution in [1.29, 1.82) is 0 Å². The van der Waals surface area contributed by atoms with Crippen LogP contribution in [0.2, 0.25) is 0 Å². The summed E-state index contributed by atoms with van der Waals surface area (Å²) in [7, 11) is 1.53. The number of methoxy groups -OCH3 is 1. The topological polar surface area (TPSA) is 77.1 Å². The number of hydrogen-bond acceptors (Lipinski definition) is 5. The Bertz CT molecular complexity index is 734. The number of carbonyl (C=O) groups is 2. The average molecular weight is 457 g/mol. The van der Waals surface area contributed by atoms with E-state index in [1.54, 1.807) is 11.0 Å². The number of amides is 2. The number of hydrogen-bond donors (Lipinski definition) is 1. The Kier molecular flexibility index (Phi) is 11.5. The Labute approximate surface area is 193 Å². The Hall–Kier alpha value is -2.35. The zero-order valence-corrected chi connectivity index (χ0v) is 19.0. The number of benzene rings is 1. The molecule has 1 saturated heterocycles. The van der Waals surface area contributed by atoms with Crippen molar-refractivity contribution in [2.45, 2.75) is 59.5 Å². The molecule has 0 saturated carbocycles. The number of rotatable bonds is 9. The van der Waals surface area contributed by atoms with E-state index in [2.05, 4.69) is 5.32 Å². The van der Waals surface area contributed by atoms with Crippen LogP contribution in [0.3, 0.4) is 0 Å². The number of piperidine rings is 1. The molecule has 1 aromatic carbocycles. The molecular formula is C24H41FN2O5. The second-order valence-corrected chi connectivity index (χ2v) is 8.79. The molecule has 0 radical (unpaired) electrons. The second-order valence-electron chi connectivity index (χ2n) is 8.79. The quantitative estimate of drug-likeness (QED) is 0.536. The summed E-state index contributed by atoms with van der Waals surface area (Å²) < 4.78 is 30.1. The number of halogens is 1. The molecule has 0 bridgehead atoms. The maximum Gasteiger partial charge on any atom is 0.410 e. The van der Waals surface area contributed by atoms with E-state index in [0.29, 0.717) is 44.5 Å². The number of nitrogens with one attached hydrogen (secondary N) is 1. The largest absolute Gasteiger partial charge is 0.493 e. The van der Waals surface area contributed by atoms with Gasteiger partial charge in [-0.2, -0.15) is 0 Å². The van der Waals surface area contributed by atoms with E-state index in [4.69, 9.17) is 14.2 Å². The first-order valence-electron chi connectivity index (χ1n) is 10.9. The molecule has 1 aliphatic heterocycles. The van der Waals surface area contributed by atoms with E-state index in [0.717, 1.165) is 25.7 Å². The second kappa shape index (κ2) is 13.3. The summed E-state index contributed by atoms with van der Waals surface area (Å²) in [5.41, 5.74) is -0.489. The van der Waals surface area contributed by atoms with E-state index in [-0.39, 0.29) is 20.5 Å². The standard InChI is InChI=1S/C23H35FN2O5.CH4.H2/c1-23(2,3)31-22(28)26-12-9-17(10-13-26)6-5-14-30-18-7-8-19(20(24)16-18)21(27)25-11-15-29-4;;/h7-8,16-17H,5-6,9-15H2,1-4H3,(H,25,27);1H4;1H. The maximum atomic E-state index is 14.2. The molecule has 32 heavy (non-hydrogen) atoms. The van der Waals surface area contributed by atoms with Crippen molar-refractivity contribution in [3.8, 4) is 5.75 Å². The van der Waals surface area contributed by atoms with Gasteiger partial charge in [0.15, 0.2) is 0 Å². The van der Waals surface area contributed by atoms with Gasteiger partial charge in [0.05, 0.1) is 18.8 Å². The summed E-state index contributed by atoms with van der Waals surface area (Å²) in [6, 6.07) is 4.28. The van der Waals surface area contributed by atoms with Crippen LogP contribution in [-0.4, -0.2) is 62.5 Å². The lowest BCUT2D eigenvalue weighted by atomic mass is 9.92. The van der Waals surface area contributed by atoms with Crippen molar-refractivity contribution in [2.75, 3.05) is 40.0 Å². The average Bonchev–Trinajstić information content (AvgIpc) is 2.70. The van der Waals surface area contributed by atoms with Crippen LogP contribution in [0.1, 0.15) is 65.7 Å². The smallest absolute Gasteiger partial charge is 0.410 e. The van der Waals surface area contributed by atoms with Gasteiger partial charge in [-0.15, -0.1) is 0 Å². The van der Waals surface area contributed by atoms with Gasteiger partial charge in [0, 0.05) is 34.2 Å². The van der Waals surface area contributed by atoms with Crippen LogP contribution in [0.4, 0.5) is 9.18 Å². The van der Waals surface area contributed by atoms with Crippen LogP contribution >= 0.6 is 0 Å². The van der Waals surface area contributed by atoms with Gasteiger partial charge in [0.2, 0.25) is 0 Å². The van der Waals surface area contributed by atoms with E-state index in [9.17, 15) is 14.0 Å². The predicted molar refractivity (Wildman–Crippen MR) is 125 cm³/mol. The number of likely N-dealkylation sites (tertiary alicyclic amines) is 1. The predicted octanol–water partition coefficient (Wildman–Crippen LogP) is 4.89. The van der Waals surface area contributed by atoms with E-state index >= 15 is 0 Å². The zero-order chi connectivity index (χ0) is 22.9. The monoisotopic (exact) mass is 456 g/mol. The third kappa shape index (κ3) is 9.42. The summed E-state index contributed by atoms with van der Waals surface area (Å²) >= 11 is 0. The zero-order valence-electron chi connectivity index (χ0n) is 19.0. The fraction of sp³-hybridized carbons (Fsp3) is 0.667. The molecule has 1 heterocycles. The van der Waals surface area contributed by atoms with Gasteiger partial charge in [-0.05, 0) is 64.5 Å². The molecule has 7 nitrogen and oxygen atoms in total. The molecule has 0 atom stereocenters. The lowest BCUT2D eigenvalue weighted by Crippen LogP contribution is -2.41. The van der Waals surface area contributed by atoms with Gasteiger partial charge in [-0.1, -0.05) is 7.43 Å². The summed E-state index contributed by atoms with van der Waals surface area (Å²) in [5.74, 6) is -0.136. The van der Waals surface area contributed by atoms with Crippen LogP contribution in [0.15, 0.2) is 18.2 Å². The number of ether oxygens (including phenoxy) is 3. The van der Waals surface area contributed by atoms with E-state index in [1.165, 1.54) is 19.2 Å². The minimum absolute atomic E-state index is 0. The Morgan fingerprint density at radius 1 is 1.22 bits per heavy atom. The molecule has 0 spiro atoms. The molecule has 1 aliphatic rings. The summed E-state index contributed by atoms with van der Waals surface area (Å²) in [4.78, 5) is 25.8. The van der Waals surface area contributed by atoms with Gasteiger partial charge >= 0.3 is 6.09 Å². The van der Waals surface area contributed by atoms with Crippen molar-refractivity contribution >= 4 is 12.0 Å². The first-order chi connectivity index (χ1) is 14.7. The molecular weight excluding hydrogens is 415 g/mol. The minimum Gasteiger partial charge on any atom is -0.493 e. The van der Waals surface area contributed by atoms with Crippen molar-refractivity contribution in [2.24, 2.45) is 5.92 Å². The van der Waals surface area contributed by atoms with Gasteiger partial charge in [-0.3, -0.25) is 4.79 Å². The molecule has 1 fully saturated rings. The summed E-state index contributed by atoms with van der Waals surface area (Å²) in [5, 5.41) is 2.59. The first kappa shape index (κ1) is 27.7. The third-order valence-corrected chi connectivity index (χ3v) is 5.07. The molecule has 0 unspecified atom stereocenters. The van der Waals surface area contributed by atoms with Crippen LogP contribution in [-0.2, 0) is 9.47 Å². The normalized spacial score (nSPS) is 14.5. The Balaban J connectivity index is 0.00000512. The Morgan fingerprint density at radius 3 is 2.50 bits per heavy atom. The molecule has 8 heteroatoms. The van der Waals surface area contributed by atoms with Gasteiger partial charge in [-0.25, -0.2) is 9.18 Å². The van der Waals surface area contributed by atoms with Gasteiger partial charge in [0.1, 0.15) is 17.2 Å². The van der Waals surface area contributed by atoms with E-state index in [1.807, 2.05) is 20.8 Å². The highest BCUT2D eigenvalue weighted by molar-refractivity contribution is 5.94. The van der Waals surface area contributed by atoms with Crippen LogP contribution < -0.4 is 10.1 Å². The van der Waals surface area contributed by atoms with E-state index < -0.39 is 17.3 Å². The van der Waals surface area contributed by atoms with Crippen LogP contribution in [0, 0.1) is 11.7 Å². The third-order valence-electron chi connectivity index (χ3n) is 5.07. The highest BCUT2D eigenvalue weighted by atomic mass is 19.1. The van der Waals surface area contributed by atoms with Gasteiger partial charge in [0.25, 0.3) is 5.91 Å². The maximum absolute atomic E-state index is 14.2. The van der Waals surface area contributed by atoms with Crippen molar-refractivity contribution in [1.82, 2.24) is 10.2 Å². The SMILES string of the molecule is C.COCCNC(=O)c1ccc(OCCCC2CCN(C(=O)OC(C)(C)C)CC2)cc1F.[HH]. The summed E-state index contributed by atoms with van der Waals surface area (Å²) in [6.07, 6.45) is 3.48. The van der Waals surface area contributed by atoms with Crippen LogP contribution in [0.25, 0.3) is 0 Å². The lowest BCUT2D eigenvalue weighted by Gasteiger charge is -2.33. The van der Waals surface area contributed by atoms with Crippen molar-refractivity contribution in [3.63, 3.8) is 0 Å². The highest BCUT2D eigenvalue weighted by Gasteiger charge is 2.26. The molecule has 1 N–H and O–H groups in total. The first-order valence-corrected chi connectivity index (χ1v) is 10.9. The lowest BCUT2D eigenvalue weighted by molar-refractivity contribution is 0.0179. The molecule has 1 aromatic rings. The molecule has 2 rings (SSSR count). The van der Waals surface area contributed by atoms with Gasteiger partial charge < -0.3 is 24.4 Å². The fourth-order valence-corrected chi connectivity index (χ4v) is 3.42. The van der Waals surface area contributed by atoms with Crippen LogP contribution in [0.5, 0.6) is 5.75 Å². The molecule has 184 valence electrons. The van der Waals surface area contributed by atoms with Crippen molar-refractivity contribution < 1.29 is 29.6 Å².